The Hall–Kier alpha value is -1.70. The summed E-state index contributed by atoms with van der Waals surface area (Å²) in [5.41, 5.74) is 0.222. The van der Waals surface area contributed by atoms with Crippen molar-refractivity contribution in [1.82, 2.24) is 0 Å². The van der Waals surface area contributed by atoms with E-state index in [4.69, 9.17) is 4.74 Å². The second-order valence-corrected chi connectivity index (χ2v) is 5.74. The monoisotopic (exact) mass is 291 g/mol. The van der Waals surface area contributed by atoms with Crippen LogP contribution in [0.3, 0.4) is 0 Å². The first-order chi connectivity index (χ1) is 8.82. The number of carbonyl (C=O) groups excluding carboxylic acids is 1. The maximum atomic E-state index is 13.0. The molecule has 8 heteroatoms. The van der Waals surface area contributed by atoms with Crippen molar-refractivity contribution in [3.8, 4) is 5.75 Å². The quantitative estimate of drug-likeness (QED) is 0.786. The van der Waals surface area contributed by atoms with Gasteiger partial charge in [0.2, 0.25) is 5.91 Å². The summed E-state index contributed by atoms with van der Waals surface area (Å²) in [6.45, 7) is -0.306. The van der Waals surface area contributed by atoms with E-state index in [1.54, 1.807) is 0 Å². The molecular weight excluding hydrogens is 280 g/mol. The van der Waals surface area contributed by atoms with E-state index in [0.717, 1.165) is 17.0 Å². The SMILES string of the molecule is COc1cc(F)ccc1N1CC(S(=O)(=O)F)CC1=O. The van der Waals surface area contributed by atoms with Gasteiger partial charge in [-0.05, 0) is 12.1 Å². The lowest BCUT2D eigenvalue weighted by Crippen LogP contribution is -2.27. The molecule has 1 amide bonds. The summed E-state index contributed by atoms with van der Waals surface area (Å²) >= 11 is 0. The Balaban J connectivity index is 2.36. The zero-order valence-electron chi connectivity index (χ0n) is 9.97. The summed E-state index contributed by atoms with van der Waals surface area (Å²) in [4.78, 5) is 12.8. The lowest BCUT2D eigenvalue weighted by molar-refractivity contribution is -0.117. The summed E-state index contributed by atoms with van der Waals surface area (Å²) in [5.74, 6) is -1.01. The van der Waals surface area contributed by atoms with Crippen LogP contribution < -0.4 is 9.64 Å². The van der Waals surface area contributed by atoms with Crippen LogP contribution in [-0.4, -0.2) is 33.2 Å². The second kappa shape index (κ2) is 4.76. The number of methoxy groups -OCH3 is 1. The molecule has 1 aliphatic heterocycles. The summed E-state index contributed by atoms with van der Waals surface area (Å²) in [7, 11) is -3.49. The van der Waals surface area contributed by atoms with Crippen LogP contribution >= 0.6 is 0 Å². The summed E-state index contributed by atoms with van der Waals surface area (Å²) in [6, 6.07) is 3.47. The average Bonchev–Trinajstić information content (AvgIpc) is 2.71. The molecule has 1 heterocycles. The number of rotatable bonds is 3. The van der Waals surface area contributed by atoms with Gasteiger partial charge in [0, 0.05) is 19.0 Å². The molecule has 1 saturated heterocycles. The molecule has 19 heavy (non-hydrogen) atoms. The number of hydrogen-bond donors (Lipinski definition) is 0. The highest BCUT2D eigenvalue weighted by Crippen LogP contribution is 2.33. The van der Waals surface area contributed by atoms with Crippen LogP contribution in [-0.2, 0) is 15.0 Å². The number of anilines is 1. The minimum Gasteiger partial charge on any atom is -0.494 e. The van der Waals surface area contributed by atoms with Gasteiger partial charge in [0.1, 0.15) is 16.8 Å². The summed E-state index contributed by atoms with van der Waals surface area (Å²) < 4.78 is 52.5. The highest BCUT2D eigenvalue weighted by Gasteiger charge is 2.39. The summed E-state index contributed by atoms with van der Waals surface area (Å²) in [6.07, 6.45) is -0.431. The second-order valence-electron chi connectivity index (χ2n) is 4.12. The van der Waals surface area contributed by atoms with Crippen LogP contribution in [0.2, 0.25) is 0 Å². The maximum absolute atomic E-state index is 13.0. The van der Waals surface area contributed by atoms with E-state index in [1.807, 2.05) is 0 Å². The lowest BCUT2D eigenvalue weighted by Gasteiger charge is -2.19. The molecule has 0 N–H and O–H groups in total. The van der Waals surface area contributed by atoms with E-state index in [-0.39, 0.29) is 18.0 Å². The first-order valence-electron chi connectivity index (χ1n) is 5.40. The Morgan fingerprint density at radius 1 is 1.42 bits per heavy atom. The molecule has 0 spiro atoms. The van der Waals surface area contributed by atoms with Crippen molar-refractivity contribution >= 4 is 21.8 Å². The molecule has 1 aromatic carbocycles. The molecule has 2 rings (SSSR count). The summed E-state index contributed by atoms with van der Waals surface area (Å²) in [5, 5.41) is -1.39. The van der Waals surface area contributed by atoms with Crippen LogP contribution in [0.4, 0.5) is 14.0 Å². The Morgan fingerprint density at radius 2 is 2.11 bits per heavy atom. The van der Waals surface area contributed by atoms with Gasteiger partial charge in [-0.15, -0.1) is 3.89 Å². The van der Waals surface area contributed by atoms with Gasteiger partial charge in [-0.1, -0.05) is 0 Å². The minimum atomic E-state index is -4.78. The van der Waals surface area contributed by atoms with Crippen molar-refractivity contribution in [2.75, 3.05) is 18.6 Å². The van der Waals surface area contributed by atoms with E-state index < -0.39 is 33.6 Å². The fraction of sp³-hybridized carbons (Fsp3) is 0.364. The van der Waals surface area contributed by atoms with Gasteiger partial charge in [-0.25, -0.2) is 4.39 Å². The van der Waals surface area contributed by atoms with Crippen molar-refractivity contribution in [3.63, 3.8) is 0 Å². The normalized spacial score (nSPS) is 19.8. The van der Waals surface area contributed by atoms with E-state index in [9.17, 15) is 21.5 Å². The third-order valence-electron chi connectivity index (χ3n) is 2.92. The van der Waals surface area contributed by atoms with E-state index in [0.29, 0.717) is 0 Å². The molecule has 5 nitrogen and oxygen atoms in total. The molecule has 0 aliphatic carbocycles. The minimum absolute atomic E-state index is 0.0882. The number of amides is 1. The topological polar surface area (TPSA) is 63.7 Å². The molecular formula is C11H11F2NO4S. The van der Waals surface area contributed by atoms with Crippen LogP contribution in [0.5, 0.6) is 5.75 Å². The highest BCUT2D eigenvalue weighted by atomic mass is 32.3. The predicted molar refractivity (Wildman–Crippen MR) is 63.7 cm³/mol. The van der Waals surface area contributed by atoms with Gasteiger partial charge in [-0.3, -0.25) is 4.79 Å². The number of hydrogen-bond acceptors (Lipinski definition) is 4. The molecule has 0 bridgehead atoms. The lowest BCUT2D eigenvalue weighted by atomic mass is 10.2. The first-order valence-corrected chi connectivity index (χ1v) is 6.85. The molecule has 1 fully saturated rings. The highest BCUT2D eigenvalue weighted by molar-refractivity contribution is 7.87. The molecule has 0 aromatic heterocycles. The van der Waals surface area contributed by atoms with Crippen molar-refractivity contribution in [2.45, 2.75) is 11.7 Å². The molecule has 1 aromatic rings. The maximum Gasteiger partial charge on any atom is 0.307 e. The van der Waals surface area contributed by atoms with Gasteiger partial charge in [0.25, 0.3) is 0 Å². The number of benzene rings is 1. The Morgan fingerprint density at radius 3 is 2.63 bits per heavy atom. The predicted octanol–water partition coefficient (Wildman–Crippen LogP) is 1.24. The Labute approximate surface area is 109 Å². The zero-order chi connectivity index (χ0) is 14.2. The third-order valence-corrected chi connectivity index (χ3v) is 4.03. The van der Waals surface area contributed by atoms with E-state index in [1.165, 1.54) is 13.2 Å². The molecule has 1 unspecified atom stereocenters. The third kappa shape index (κ3) is 2.67. The Kier molecular flexibility index (Phi) is 3.44. The van der Waals surface area contributed by atoms with Crippen molar-refractivity contribution < 1.29 is 26.2 Å². The Bertz CT molecular complexity index is 617. The molecule has 0 saturated carbocycles. The van der Waals surface area contributed by atoms with Crippen molar-refractivity contribution in [2.24, 2.45) is 0 Å². The van der Waals surface area contributed by atoms with Gasteiger partial charge in [-0.2, -0.15) is 8.42 Å². The average molecular weight is 291 g/mol. The van der Waals surface area contributed by atoms with Gasteiger partial charge in [0.05, 0.1) is 12.8 Å². The number of carbonyl (C=O) groups is 1. The zero-order valence-corrected chi connectivity index (χ0v) is 10.8. The molecule has 1 atom stereocenters. The van der Waals surface area contributed by atoms with Crippen molar-refractivity contribution in [1.29, 1.82) is 0 Å². The smallest absolute Gasteiger partial charge is 0.307 e. The van der Waals surface area contributed by atoms with Crippen LogP contribution in [0.25, 0.3) is 0 Å². The van der Waals surface area contributed by atoms with Gasteiger partial charge >= 0.3 is 10.2 Å². The van der Waals surface area contributed by atoms with Crippen molar-refractivity contribution in [3.05, 3.63) is 24.0 Å². The van der Waals surface area contributed by atoms with E-state index >= 15 is 0 Å². The largest absolute Gasteiger partial charge is 0.494 e. The fourth-order valence-electron chi connectivity index (χ4n) is 1.97. The number of nitrogens with zero attached hydrogens (tertiary/aromatic N) is 1. The van der Waals surface area contributed by atoms with Crippen LogP contribution in [0, 0.1) is 5.82 Å². The standard InChI is InChI=1S/C11H11F2NO4S/c1-18-10-4-7(12)2-3-9(10)14-6-8(5-11(14)15)19(13,16)17/h2-4,8H,5-6H2,1H3. The molecule has 1 aliphatic rings. The van der Waals surface area contributed by atoms with E-state index in [2.05, 4.69) is 0 Å². The number of halogens is 2. The first kappa shape index (κ1) is 13.7. The molecule has 104 valence electrons. The number of ether oxygens (including phenoxy) is 1. The van der Waals surface area contributed by atoms with Gasteiger partial charge < -0.3 is 9.64 Å². The van der Waals surface area contributed by atoms with Crippen LogP contribution in [0.15, 0.2) is 18.2 Å². The fourth-order valence-corrected chi connectivity index (χ4v) is 2.64. The van der Waals surface area contributed by atoms with Gasteiger partial charge in [0.15, 0.2) is 0 Å². The molecule has 0 radical (unpaired) electrons. The van der Waals surface area contributed by atoms with Crippen LogP contribution in [0.1, 0.15) is 6.42 Å².